The molecule has 0 aromatic rings. The van der Waals surface area contributed by atoms with Gasteiger partial charge in [-0.25, -0.2) is 0 Å². The van der Waals surface area contributed by atoms with Gasteiger partial charge in [0.1, 0.15) is 0 Å². The maximum atomic E-state index is 10.5. The van der Waals surface area contributed by atoms with E-state index in [1.54, 1.807) is 0 Å². The van der Waals surface area contributed by atoms with Crippen molar-refractivity contribution in [2.75, 3.05) is 13.2 Å². The van der Waals surface area contributed by atoms with Crippen LogP contribution in [-0.2, 0) is 4.74 Å². The van der Waals surface area contributed by atoms with E-state index in [4.69, 9.17) is 4.74 Å². The van der Waals surface area contributed by atoms with Gasteiger partial charge in [0.05, 0.1) is 12.7 Å². The molecule has 16 heavy (non-hydrogen) atoms. The minimum atomic E-state index is -0.120. The van der Waals surface area contributed by atoms with Crippen molar-refractivity contribution in [1.82, 2.24) is 0 Å². The summed E-state index contributed by atoms with van der Waals surface area (Å²) in [6.07, 6.45) is 5.92. The van der Waals surface area contributed by atoms with Gasteiger partial charge in [0.25, 0.3) is 0 Å². The molecule has 2 aliphatic rings. The molecule has 94 valence electrons. The first kappa shape index (κ1) is 12.4. The molecule has 2 heteroatoms. The Bertz CT molecular complexity index is 201. The molecule has 0 spiro atoms. The summed E-state index contributed by atoms with van der Waals surface area (Å²) in [4.78, 5) is 0. The van der Waals surface area contributed by atoms with Crippen LogP contribution in [0.2, 0.25) is 0 Å². The highest BCUT2D eigenvalue weighted by molar-refractivity contribution is 4.84. The predicted octanol–water partition coefficient (Wildman–Crippen LogP) is 2.85. The molecule has 0 radical (unpaired) electrons. The molecule has 0 aromatic carbocycles. The van der Waals surface area contributed by atoms with Crippen LogP contribution in [0.15, 0.2) is 0 Å². The summed E-state index contributed by atoms with van der Waals surface area (Å²) in [6, 6.07) is 0. The molecular weight excluding hydrogens is 200 g/mol. The van der Waals surface area contributed by atoms with E-state index >= 15 is 0 Å². The molecule has 1 saturated carbocycles. The van der Waals surface area contributed by atoms with E-state index in [2.05, 4.69) is 13.8 Å². The summed E-state index contributed by atoms with van der Waals surface area (Å²) in [5, 5.41) is 10.5. The number of ether oxygens (including phenoxy) is 1. The third-order valence-electron chi connectivity index (χ3n) is 4.38. The Morgan fingerprint density at radius 2 is 1.75 bits per heavy atom. The fraction of sp³-hybridized carbons (Fsp3) is 1.00. The zero-order valence-electron chi connectivity index (χ0n) is 10.7. The van der Waals surface area contributed by atoms with Gasteiger partial charge >= 0.3 is 0 Å². The van der Waals surface area contributed by atoms with Gasteiger partial charge in [-0.15, -0.1) is 0 Å². The summed E-state index contributed by atoms with van der Waals surface area (Å²) in [5.41, 5.74) is 0. The maximum Gasteiger partial charge on any atom is 0.0618 e. The van der Waals surface area contributed by atoms with Gasteiger partial charge < -0.3 is 9.84 Å². The first-order chi connectivity index (χ1) is 7.66. The Morgan fingerprint density at radius 1 is 1.06 bits per heavy atom. The van der Waals surface area contributed by atoms with Gasteiger partial charge in [0, 0.05) is 12.5 Å². The minimum Gasteiger partial charge on any atom is -0.392 e. The summed E-state index contributed by atoms with van der Waals surface area (Å²) >= 11 is 0. The SMILES string of the molecule is CC1CC(C)CC(C(O)C2CCCOC2)C1. The molecule has 1 saturated heterocycles. The highest BCUT2D eigenvalue weighted by atomic mass is 16.5. The molecule has 1 aliphatic heterocycles. The topological polar surface area (TPSA) is 29.5 Å². The van der Waals surface area contributed by atoms with E-state index in [-0.39, 0.29) is 6.10 Å². The normalized spacial score (nSPS) is 42.9. The van der Waals surface area contributed by atoms with Crippen molar-refractivity contribution in [2.45, 2.75) is 52.1 Å². The van der Waals surface area contributed by atoms with E-state index in [0.717, 1.165) is 37.9 Å². The molecule has 4 unspecified atom stereocenters. The molecule has 2 fully saturated rings. The first-order valence-corrected chi connectivity index (χ1v) is 6.92. The molecule has 2 nitrogen and oxygen atoms in total. The first-order valence-electron chi connectivity index (χ1n) is 6.92. The van der Waals surface area contributed by atoms with E-state index in [9.17, 15) is 5.11 Å². The van der Waals surface area contributed by atoms with Gasteiger partial charge in [-0.3, -0.25) is 0 Å². The third kappa shape index (κ3) is 2.98. The van der Waals surface area contributed by atoms with Crippen molar-refractivity contribution in [3.63, 3.8) is 0 Å². The van der Waals surface area contributed by atoms with E-state index in [1.807, 2.05) is 0 Å². The number of hydrogen-bond acceptors (Lipinski definition) is 2. The number of rotatable bonds is 2. The molecule has 1 heterocycles. The van der Waals surface area contributed by atoms with Crippen molar-refractivity contribution in [3.05, 3.63) is 0 Å². The van der Waals surface area contributed by atoms with Gasteiger partial charge in [-0.2, -0.15) is 0 Å². The Labute approximate surface area is 99.4 Å². The zero-order chi connectivity index (χ0) is 11.5. The molecule has 4 atom stereocenters. The zero-order valence-corrected chi connectivity index (χ0v) is 10.7. The highest BCUT2D eigenvalue weighted by Crippen LogP contribution is 2.37. The average molecular weight is 226 g/mol. The Hall–Kier alpha value is -0.0800. The van der Waals surface area contributed by atoms with Crippen LogP contribution in [0.5, 0.6) is 0 Å². The number of aliphatic hydroxyl groups excluding tert-OH is 1. The lowest BCUT2D eigenvalue weighted by molar-refractivity contribution is -0.0482. The lowest BCUT2D eigenvalue weighted by atomic mass is 9.71. The molecule has 0 aromatic heterocycles. The summed E-state index contributed by atoms with van der Waals surface area (Å²) < 4.78 is 5.49. The fourth-order valence-electron chi connectivity index (χ4n) is 3.71. The van der Waals surface area contributed by atoms with E-state index in [1.165, 1.54) is 19.3 Å². The predicted molar refractivity (Wildman–Crippen MR) is 65.2 cm³/mol. The second-order valence-electron chi connectivity index (χ2n) is 6.15. The van der Waals surface area contributed by atoms with Gasteiger partial charge in [-0.05, 0) is 49.9 Å². The molecule has 2 rings (SSSR count). The van der Waals surface area contributed by atoms with E-state index < -0.39 is 0 Å². The van der Waals surface area contributed by atoms with Crippen LogP contribution in [0.3, 0.4) is 0 Å². The Kier molecular flexibility index (Phi) is 4.26. The van der Waals surface area contributed by atoms with Gasteiger partial charge in [-0.1, -0.05) is 13.8 Å². The maximum absolute atomic E-state index is 10.5. The second kappa shape index (κ2) is 5.50. The van der Waals surface area contributed by atoms with E-state index in [0.29, 0.717) is 11.8 Å². The van der Waals surface area contributed by atoms with Crippen LogP contribution in [0.25, 0.3) is 0 Å². The third-order valence-corrected chi connectivity index (χ3v) is 4.38. The lowest BCUT2D eigenvalue weighted by Crippen LogP contribution is -2.38. The lowest BCUT2D eigenvalue weighted by Gasteiger charge is -2.38. The number of aliphatic hydroxyl groups is 1. The molecule has 0 bridgehead atoms. The Balaban J connectivity index is 1.89. The highest BCUT2D eigenvalue weighted by Gasteiger charge is 2.34. The monoisotopic (exact) mass is 226 g/mol. The standard InChI is InChI=1S/C14H26O2/c1-10-6-11(2)8-13(7-10)14(15)12-4-3-5-16-9-12/h10-15H,3-9H2,1-2H3. The van der Waals surface area contributed by atoms with Crippen molar-refractivity contribution in [3.8, 4) is 0 Å². The molecular formula is C14H26O2. The van der Waals surface area contributed by atoms with Crippen LogP contribution in [0.1, 0.15) is 46.0 Å². The molecule has 1 N–H and O–H groups in total. The minimum absolute atomic E-state index is 0.120. The average Bonchev–Trinajstić information content (AvgIpc) is 2.28. The van der Waals surface area contributed by atoms with Gasteiger partial charge in [0.15, 0.2) is 0 Å². The van der Waals surface area contributed by atoms with Crippen molar-refractivity contribution in [1.29, 1.82) is 0 Å². The smallest absolute Gasteiger partial charge is 0.0618 e. The molecule has 0 amide bonds. The molecule has 1 aliphatic carbocycles. The second-order valence-corrected chi connectivity index (χ2v) is 6.15. The number of hydrogen-bond donors (Lipinski definition) is 1. The van der Waals surface area contributed by atoms with Gasteiger partial charge in [0.2, 0.25) is 0 Å². The quantitative estimate of drug-likeness (QED) is 0.784. The van der Waals surface area contributed by atoms with Crippen molar-refractivity contribution in [2.24, 2.45) is 23.7 Å². The largest absolute Gasteiger partial charge is 0.392 e. The van der Waals surface area contributed by atoms with Crippen molar-refractivity contribution < 1.29 is 9.84 Å². The summed E-state index contributed by atoms with van der Waals surface area (Å²) in [6.45, 7) is 6.32. The van der Waals surface area contributed by atoms with Crippen LogP contribution in [-0.4, -0.2) is 24.4 Å². The van der Waals surface area contributed by atoms with Crippen LogP contribution < -0.4 is 0 Å². The van der Waals surface area contributed by atoms with Crippen molar-refractivity contribution >= 4 is 0 Å². The van der Waals surface area contributed by atoms with Crippen LogP contribution >= 0.6 is 0 Å². The van der Waals surface area contributed by atoms with Crippen LogP contribution in [0.4, 0.5) is 0 Å². The van der Waals surface area contributed by atoms with Crippen LogP contribution in [0, 0.1) is 23.7 Å². The summed E-state index contributed by atoms with van der Waals surface area (Å²) in [5.74, 6) is 2.49. The fourth-order valence-corrected chi connectivity index (χ4v) is 3.71. The Morgan fingerprint density at radius 3 is 2.31 bits per heavy atom. The summed E-state index contributed by atoms with van der Waals surface area (Å²) in [7, 11) is 0.